The third kappa shape index (κ3) is 2.33. The van der Waals surface area contributed by atoms with Crippen molar-refractivity contribution in [1.29, 1.82) is 0 Å². The maximum atomic E-state index is 12.9. The molecule has 0 bridgehead atoms. The molecule has 1 aliphatic heterocycles. The highest BCUT2D eigenvalue weighted by atomic mass is 19.4. The van der Waals surface area contributed by atoms with Gasteiger partial charge in [-0.05, 0) is 39.2 Å². The number of hydrogen-bond acceptors (Lipinski definition) is 3. The normalized spacial score (nSPS) is 24.1. The average molecular weight is 302 g/mol. The zero-order valence-electron chi connectivity index (χ0n) is 11.6. The first-order chi connectivity index (χ1) is 9.83. The standard InChI is InChI=1S/C14H17F3N2O2/c1-8-11(9(7-21-8)14(15,16)17)12(20)19-10-3-6-18-13(10)4-2-5-13/h7,10,18H,2-6H2,1H3,(H,19,20). The monoisotopic (exact) mass is 302 g/mol. The van der Waals surface area contributed by atoms with Gasteiger partial charge >= 0.3 is 6.18 Å². The van der Waals surface area contributed by atoms with Crippen LogP contribution < -0.4 is 10.6 Å². The van der Waals surface area contributed by atoms with Crippen LogP contribution in [0.15, 0.2) is 10.7 Å². The fourth-order valence-electron chi connectivity index (χ4n) is 3.33. The van der Waals surface area contributed by atoms with Crippen LogP contribution in [0.4, 0.5) is 13.2 Å². The fraction of sp³-hybridized carbons (Fsp3) is 0.643. The number of furan rings is 1. The highest BCUT2D eigenvalue weighted by molar-refractivity contribution is 5.97. The minimum absolute atomic E-state index is 0.00607. The van der Waals surface area contributed by atoms with Gasteiger partial charge in [-0.3, -0.25) is 4.79 Å². The molecule has 1 saturated carbocycles. The summed E-state index contributed by atoms with van der Waals surface area (Å²) in [5.74, 6) is -0.706. The molecule has 1 aliphatic carbocycles. The summed E-state index contributed by atoms with van der Waals surface area (Å²) in [7, 11) is 0. The van der Waals surface area contributed by atoms with Gasteiger partial charge in [0, 0.05) is 11.6 Å². The van der Waals surface area contributed by atoms with Gasteiger partial charge in [0.05, 0.1) is 5.56 Å². The Hall–Kier alpha value is -1.50. The predicted octanol–water partition coefficient (Wildman–Crippen LogP) is 2.62. The summed E-state index contributed by atoms with van der Waals surface area (Å²) in [5, 5.41) is 6.14. The van der Waals surface area contributed by atoms with Crippen LogP contribution in [0.2, 0.25) is 0 Å². The fourth-order valence-corrected chi connectivity index (χ4v) is 3.33. The second kappa shape index (κ2) is 4.76. The predicted molar refractivity (Wildman–Crippen MR) is 68.9 cm³/mol. The lowest BCUT2D eigenvalue weighted by Crippen LogP contribution is -2.59. The van der Waals surface area contributed by atoms with Crippen LogP contribution in [0, 0.1) is 6.92 Å². The molecular formula is C14H17F3N2O2. The van der Waals surface area contributed by atoms with E-state index in [1.165, 1.54) is 6.92 Å². The highest BCUT2D eigenvalue weighted by Gasteiger charge is 2.48. The Labute approximate surface area is 120 Å². The van der Waals surface area contributed by atoms with Crippen molar-refractivity contribution < 1.29 is 22.4 Å². The van der Waals surface area contributed by atoms with E-state index in [2.05, 4.69) is 10.6 Å². The smallest absolute Gasteiger partial charge is 0.420 e. The summed E-state index contributed by atoms with van der Waals surface area (Å²) in [4.78, 5) is 12.3. The Morgan fingerprint density at radius 3 is 2.76 bits per heavy atom. The number of carbonyl (C=O) groups excluding carboxylic acids is 1. The first kappa shape index (κ1) is 14.4. The van der Waals surface area contributed by atoms with Crippen molar-refractivity contribution in [2.45, 2.75) is 50.4 Å². The van der Waals surface area contributed by atoms with Gasteiger partial charge in [-0.2, -0.15) is 13.2 Å². The first-order valence-corrected chi connectivity index (χ1v) is 7.05. The zero-order valence-corrected chi connectivity index (χ0v) is 11.6. The molecule has 1 aromatic rings. The maximum Gasteiger partial charge on any atom is 0.420 e. The zero-order chi connectivity index (χ0) is 15.3. The molecule has 2 aliphatic rings. The van der Waals surface area contributed by atoms with E-state index in [4.69, 9.17) is 4.42 Å². The second-order valence-corrected chi connectivity index (χ2v) is 5.83. The largest absolute Gasteiger partial charge is 0.468 e. The number of amides is 1. The van der Waals surface area contributed by atoms with Crippen LogP contribution in [-0.4, -0.2) is 24.0 Å². The summed E-state index contributed by atoms with van der Waals surface area (Å²) in [6.07, 6.45) is -0.256. The Morgan fingerprint density at radius 1 is 1.48 bits per heavy atom. The van der Waals surface area contributed by atoms with Crippen LogP contribution in [0.3, 0.4) is 0 Å². The van der Waals surface area contributed by atoms with Gasteiger partial charge in [0.2, 0.25) is 0 Å². The van der Waals surface area contributed by atoms with Gasteiger partial charge in [-0.15, -0.1) is 0 Å². The number of carbonyl (C=O) groups is 1. The molecule has 1 spiro atoms. The van der Waals surface area contributed by atoms with Crippen LogP contribution >= 0.6 is 0 Å². The van der Waals surface area contributed by atoms with Crippen LogP contribution in [-0.2, 0) is 6.18 Å². The molecule has 0 aromatic carbocycles. The van der Waals surface area contributed by atoms with Crippen molar-refractivity contribution >= 4 is 5.91 Å². The Kier molecular flexibility index (Phi) is 3.27. The number of alkyl halides is 3. The maximum absolute atomic E-state index is 12.9. The molecule has 0 radical (unpaired) electrons. The summed E-state index contributed by atoms with van der Waals surface area (Å²) in [6, 6.07) is -0.117. The number of halogens is 3. The molecule has 3 rings (SSSR count). The molecule has 1 atom stereocenters. The number of nitrogens with one attached hydrogen (secondary N) is 2. The topological polar surface area (TPSA) is 54.3 Å². The van der Waals surface area contributed by atoms with Gasteiger partial charge in [0.1, 0.15) is 17.6 Å². The minimum atomic E-state index is -4.59. The van der Waals surface area contributed by atoms with E-state index in [0.717, 1.165) is 32.2 Å². The van der Waals surface area contributed by atoms with Gasteiger partial charge in [0.25, 0.3) is 5.91 Å². The summed E-state index contributed by atoms with van der Waals surface area (Å²) in [5.41, 5.74) is -1.53. The lowest BCUT2D eigenvalue weighted by Gasteiger charge is -2.43. The second-order valence-electron chi connectivity index (χ2n) is 5.83. The molecule has 116 valence electrons. The first-order valence-electron chi connectivity index (χ1n) is 7.05. The van der Waals surface area contributed by atoms with Crippen LogP contribution in [0.25, 0.3) is 0 Å². The molecule has 21 heavy (non-hydrogen) atoms. The van der Waals surface area contributed by atoms with Crippen molar-refractivity contribution in [1.82, 2.24) is 10.6 Å². The molecule has 2 heterocycles. The van der Waals surface area contributed by atoms with Crippen molar-refractivity contribution in [3.8, 4) is 0 Å². The molecule has 2 fully saturated rings. The third-order valence-corrected chi connectivity index (χ3v) is 4.64. The van der Waals surface area contributed by atoms with Crippen molar-refractivity contribution in [3.63, 3.8) is 0 Å². The van der Waals surface area contributed by atoms with Gasteiger partial charge < -0.3 is 15.1 Å². The van der Waals surface area contributed by atoms with E-state index >= 15 is 0 Å². The van der Waals surface area contributed by atoms with Crippen LogP contribution in [0.1, 0.15) is 47.4 Å². The van der Waals surface area contributed by atoms with E-state index in [1.54, 1.807) is 0 Å². The molecule has 1 unspecified atom stereocenters. The SMILES string of the molecule is Cc1occ(C(F)(F)F)c1C(=O)NC1CCNC12CCC2. The number of rotatable bonds is 2. The minimum Gasteiger partial charge on any atom is -0.468 e. The molecule has 1 amide bonds. The summed E-state index contributed by atoms with van der Waals surface area (Å²) >= 11 is 0. The van der Waals surface area contributed by atoms with Crippen molar-refractivity contribution in [2.75, 3.05) is 6.54 Å². The number of aryl methyl sites for hydroxylation is 1. The lowest BCUT2D eigenvalue weighted by molar-refractivity contribution is -0.138. The van der Waals surface area contributed by atoms with Gasteiger partial charge in [0.15, 0.2) is 0 Å². The average Bonchev–Trinajstić information content (AvgIpc) is 2.91. The Morgan fingerprint density at radius 2 is 2.19 bits per heavy atom. The summed E-state index contributed by atoms with van der Waals surface area (Å²) in [6.45, 7) is 2.15. The molecule has 7 heteroatoms. The van der Waals surface area contributed by atoms with Crippen LogP contribution in [0.5, 0.6) is 0 Å². The van der Waals surface area contributed by atoms with E-state index in [1.807, 2.05) is 0 Å². The quantitative estimate of drug-likeness (QED) is 0.883. The third-order valence-electron chi connectivity index (χ3n) is 4.64. The van der Waals surface area contributed by atoms with Crippen molar-refractivity contribution in [3.05, 3.63) is 23.2 Å². The lowest BCUT2D eigenvalue weighted by atomic mass is 9.73. The molecule has 1 aromatic heterocycles. The molecular weight excluding hydrogens is 285 g/mol. The van der Waals surface area contributed by atoms with E-state index in [0.29, 0.717) is 6.26 Å². The number of hydrogen-bond donors (Lipinski definition) is 2. The van der Waals surface area contributed by atoms with Crippen molar-refractivity contribution in [2.24, 2.45) is 0 Å². The summed E-state index contributed by atoms with van der Waals surface area (Å²) < 4.78 is 43.5. The molecule has 2 N–H and O–H groups in total. The van der Waals surface area contributed by atoms with E-state index < -0.39 is 23.2 Å². The van der Waals surface area contributed by atoms with E-state index in [9.17, 15) is 18.0 Å². The highest BCUT2D eigenvalue weighted by Crippen LogP contribution is 2.40. The molecule has 4 nitrogen and oxygen atoms in total. The van der Waals surface area contributed by atoms with Gasteiger partial charge in [-0.25, -0.2) is 0 Å². The Balaban J connectivity index is 1.82. The Bertz CT molecular complexity index is 561. The molecule has 1 saturated heterocycles. The van der Waals surface area contributed by atoms with Gasteiger partial charge in [-0.1, -0.05) is 0 Å². The van der Waals surface area contributed by atoms with E-state index in [-0.39, 0.29) is 17.3 Å².